The minimum Gasteiger partial charge on any atom is -0.299 e. The Morgan fingerprint density at radius 2 is 2.07 bits per heavy atom. The molecule has 0 aromatic heterocycles. The number of hydrogen-bond acceptors (Lipinski definition) is 1. The van der Waals surface area contributed by atoms with Crippen LogP contribution in [-0.4, -0.2) is 5.78 Å². The molecule has 5 atom stereocenters. The topological polar surface area (TPSA) is 17.1 Å². The first-order valence-electron chi connectivity index (χ1n) is 6.58. The molecular weight excluding hydrogens is 184 g/mol. The first-order chi connectivity index (χ1) is 7.05. The van der Waals surface area contributed by atoms with Crippen LogP contribution in [0.4, 0.5) is 0 Å². The van der Waals surface area contributed by atoms with E-state index in [1.165, 1.54) is 19.3 Å². The summed E-state index contributed by atoms with van der Waals surface area (Å²) in [4.78, 5) is 11.9. The highest BCUT2D eigenvalue weighted by atomic mass is 16.1. The second kappa shape index (κ2) is 2.87. The van der Waals surface area contributed by atoms with Crippen LogP contribution in [-0.2, 0) is 4.79 Å². The third-order valence-electron chi connectivity index (χ3n) is 5.84. The zero-order valence-corrected chi connectivity index (χ0v) is 10.1. The summed E-state index contributed by atoms with van der Waals surface area (Å²) >= 11 is 0. The lowest BCUT2D eigenvalue weighted by molar-refractivity contribution is -0.142. The lowest BCUT2D eigenvalue weighted by atomic mass is 9.48. The minimum atomic E-state index is 0.477. The van der Waals surface area contributed by atoms with Crippen LogP contribution in [0.2, 0.25) is 0 Å². The smallest absolute Gasteiger partial charge is 0.136 e. The largest absolute Gasteiger partial charge is 0.299 e. The predicted octanol–water partition coefficient (Wildman–Crippen LogP) is 3.28. The lowest BCUT2D eigenvalue weighted by Gasteiger charge is -2.56. The maximum absolute atomic E-state index is 11.9. The van der Waals surface area contributed by atoms with Gasteiger partial charge in [-0.05, 0) is 48.3 Å². The first-order valence-corrected chi connectivity index (χ1v) is 6.58. The number of fused-ring (bicyclic) bond motifs is 4. The van der Waals surface area contributed by atoms with Gasteiger partial charge in [-0.3, -0.25) is 4.79 Å². The lowest BCUT2D eigenvalue weighted by Crippen LogP contribution is -2.54. The van der Waals surface area contributed by atoms with E-state index >= 15 is 0 Å². The maximum Gasteiger partial charge on any atom is 0.136 e. The molecule has 3 fully saturated rings. The Labute approximate surface area is 92.6 Å². The highest BCUT2D eigenvalue weighted by molar-refractivity contribution is 5.85. The Balaban J connectivity index is 1.91. The number of carbonyl (C=O) groups excluding carboxylic acids is 1. The molecule has 5 unspecified atom stereocenters. The van der Waals surface area contributed by atoms with Crippen molar-refractivity contribution >= 4 is 5.78 Å². The van der Waals surface area contributed by atoms with Gasteiger partial charge < -0.3 is 0 Å². The van der Waals surface area contributed by atoms with Gasteiger partial charge in [0, 0.05) is 12.3 Å². The molecule has 0 spiro atoms. The predicted molar refractivity (Wildman–Crippen MR) is 60.4 cm³/mol. The fraction of sp³-hybridized carbons (Fsp3) is 0.929. The van der Waals surface area contributed by atoms with Crippen LogP contribution in [0.15, 0.2) is 0 Å². The summed E-state index contributed by atoms with van der Waals surface area (Å²) in [5.41, 5.74) is 0.547. The molecule has 0 bridgehead atoms. The number of Topliss-reactive ketones (excluding diaryl/α,β-unsaturated/α-hetero) is 1. The molecule has 0 N–H and O–H groups in total. The summed E-state index contributed by atoms with van der Waals surface area (Å²) in [7, 11) is 0. The molecule has 1 nitrogen and oxygen atoms in total. The van der Waals surface area contributed by atoms with Crippen LogP contribution < -0.4 is 0 Å². The van der Waals surface area contributed by atoms with Crippen LogP contribution in [0.3, 0.4) is 0 Å². The fourth-order valence-corrected chi connectivity index (χ4v) is 5.11. The summed E-state index contributed by atoms with van der Waals surface area (Å²) in [6, 6.07) is 0. The molecule has 3 aliphatic rings. The molecule has 1 heteroatoms. The standard InChI is InChI=1S/C14H22O/c1-8(2)9-6-7-14(3)10-4-5-11(15)12(10)13(9)14/h8-10,12-13H,4-7H2,1-3H3. The van der Waals surface area contributed by atoms with Gasteiger partial charge in [-0.15, -0.1) is 0 Å². The molecule has 0 amide bonds. The molecule has 84 valence electrons. The van der Waals surface area contributed by atoms with E-state index in [-0.39, 0.29) is 0 Å². The highest BCUT2D eigenvalue weighted by Gasteiger charge is 2.67. The third kappa shape index (κ3) is 1.02. The van der Waals surface area contributed by atoms with Crippen molar-refractivity contribution in [3.05, 3.63) is 0 Å². The van der Waals surface area contributed by atoms with Crippen molar-refractivity contribution in [1.82, 2.24) is 0 Å². The van der Waals surface area contributed by atoms with Gasteiger partial charge in [-0.2, -0.15) is 0 Å². The molecule has 3 rings (SSSR count). The van der Waals surface area contributed by atoms with Gasteiger partial charge in [0.25, 0.3) is 0 Å². The molecule has 0 aromatic rings. The average Bonchev–Trinajstić information content (AvgIpc) is 2.62. The number of hydrogen-bond donors (Lipinski definition) is 0. The Morgan fingerprint density at radius 3 is 2.73 bits per heavy atom. The van der Waals surface area contributed by atoms with Crippen LogP contribution in [0.5, 0.6) is 0 Å². The molecule has 0 radical (unpaired) electrons. The Kier molecular flexibility index (Phi) is 1.88. The molecule has 3 aliphatic carbocycles. The van der Waals surface area contributed by atoms with Gasteiger partial charge in [0.1, 0.15) is 5.78 Å². The monoisotopic (exact) mass is 206 g/mol. The number of carbonyl (C=O) groups is 1. The van der Waals surface area contributed by atoms with Crippen LogP contribution >= 0.6 is 0 Å². The summed E-state index contributed by atoms with van der Waals surface area (Å²) in [6.07, 6.45) is 4.83. The Bertz CT molecular complexity index is 306. The van der Waals surface area contributed by atoms with E-state index in [1.807, 2.05) is 0 Å². The van der Waals surface area contributed by atoms with Gasteiger partial charge in [0.05, 0.1) is 0 Å². The van der Waals surface area contributed by atoms with Gasteiger partial charge in [-0.1, -0.05) is 20.8 Å². The van der Waals surface area contributed by atoms with Crippen molar-refractivity contribution in [2.45, 2.75) is 46.5 Å². The maximum atomic E-state index is 11.9. The third-order valence-corrected chi connectivity index (χ3v) is 5.84. The highest BCUT2D eigenvalue weighted by Crippen LogP contribution is 2.71. The van der Waals surface area contributed by atoms with Crippen molar-refractivity contribution < 1.29 is 4.79 Å². The van der Waals surface area contributed by atoms with Crippen molar-refractivity contribution in [3.63, 3.8) is 0 Å². The summed E-state index contributed by atoms with van der Waals surface area (Å²) in [6.45, 7) is 7.13. The Morgan fingerprint density at radius 1 is 1.33 bits per heavy atom. The van der Waals surface area contributed by atoms with Gasteiger partial charge in [0.2, 0.25) is 0 Å². The van der Waals surface area contributed by atoms with E-state index in [1.54, 1.807) is 0 Å². The normalized spacial score (nSPS) is 52.9. The van der Waals surface area contributed by atoms with E-state index < -0.39 is 0 Å². The van der Waals surface area contributed by atoms with Gasteiger partial charge in [0.15, 0.2) is 0 Å². The molecule has 15 heavy (non-hydrogen) atoms. The van der Waals surface area contributed by atoms with Crippen molar-refractivity contribution in [2.75, 3.05) is 0 Å². The zero-order valence-electron chi connectivity index (χ0n) is 10.1. The van der Waals surface area contributed by atoms with Crippen molar-refractivity contribution in [3.8, 4) is 0 Å². The van der Waals surface area contributed by atoms with E-state index in [2.05, 4.69) is 20.8 Å². The SMILES string of the molecule is CC(C)C1CCC2(C)C3CCC(=O)C3C12. The second-order valence-electron chi connectivity index (χ2n) is 6.62. The Hall–Kier alpha value is -0.330. The molecule has 0 aromatic carbocycles. The average molecular weight is 206 g/mol. The van der Waals surface area contributed by atoms with E-state index in [9.17, 15) is 4.79 Å². The van der Waals surface area contributed by atoms with Gasteiger partial charge >= 0.3 is 0 Å². The quantitative estimate of drug-likeness (QED) is 0.643. The van der Waals surface area contributed by atoms with Crippen LogP contribution in [0.25, 0.3) is 0 Å². The summed E-state index contributed by atoms with van der Waals surface area (Å²) in [5, 5.41) is 0. The van der Waals surface area contributed by atoms with E-state index in [0.717, 1.165) is 30.1 Å². The molecule has 0 heterocycles. The first kappa shape index (κ1) is 9.86. The van der Waals surface area contributed by atoms with Crippen LogP contribution in [0.1, 0.15) is 46.5 Å². The summed E-state index contributed by atoms with van der Waals surface area (Å²) in [5.74, 6) is 4.18. The molecule has 0 aliphatic heterocycles. The number of rotatable bonds is 1. The molecule has 3 saturated carbocycles. The number of ketones is 1. The molecular formula is C14H22O. The minimum absolute atomic E-state index is 0.477. The fourth-order valence-electron chi connectivity index (χ4n) is 5.11. The summed E-state index contributed by atoms with van der Waals surface area (Å²) < 4.78 is 0. The molecule has 0 saturated heterocycles. The van der Waals surface area contributed by atoms with Gasteiger partial charge in [-0.25, -0.2) is 0 Å². The van der Waals surface area contributed by atoms with Crippen molar-refractivity contribution in [2.24, 2.45) is 35.0 Å². The van der Waals surface area contributed by atoms with Crippen molar-refractivity contribution in [1.29, 1.82) is 0 Å². The van der Waals surface area contributed by atoms with E-state index in [0.29, 0.717) is 17.1 Å². The second-order valence-corrected chi connectivity index (χ2v) is 6.62. The van der Waals surface area contributed by atoms with Crippen LogP contribution in [0, 0.1) is 35.0 Å². The van der Waals surface area contributed by atoms with E-state index in [4.69, 9.17) is 0 Å². The zero-order chi connectivity index (χ0) is 10.8.